The lowest BCUT2D eigenvalue weighted by Crippen LogP contribution is -2.54. The number of aromatic nitrogens is 2. The van der Waals surface area contributed by atoms with E-state index in [2.05, 4.69) is 9.82 Å². The Morgan fingerprint density at radius 2 is 2.06 bits per heavy atom. The summed E-state index contributed by atoms with van der Waals surface area (Å²) in [6.07, 6.45) is 5.76. The Bertz CT molecular complexity index is 1230. The van der Waals surface area contributed by atoms with Crippen LogP contribution in [0.1, 0.15) is 31.2 Å². The van der Waals surface area contributed by atoms with Crippen molar-refractivity contribution in [2.75, 3.05) is 6.54 Å². The monoisotopic (exact) mass is 443 g/mol. The summed E-state index contributed by atoms with van der Waals surface area (Å²) in [5.74, 6) is -1.60. The Morgan fingerprint density at radius 3 is 2.65 bits per heavy atom. The molecule has 1 N–H and O–H groups in total. The zero-order chi connectivity index (χ0) is 22.6. The van der Waals surface area contributed by atoms with Gasteiger partial charge in [-0.1, -0.05) is 0 Å². The van der Waals surface area contributed by atoms with Crippen molar-refractivity contribution in [3.8, 4) is 6.07 Å². The second kappa shape index (κ2) is 7.25. The molecular weight excluding hydrogens is 420 g/mol. The molecular formula is C20H23N6O4S+. The molecule has 1 fully saturated rings. The third kappa shape index (κ3) is 3.84. The number of fused-ring (bicyclic) bond motifs is 1. The number of rotatable bonds is 6. The molecule has 1 atom stereocenters. The Balaban J connectivity index is 1.76. The van der Waals surface area contributed by atoms with Crippen LogP contribution in [0.4, 0.5) is 4.79 Å². The second-order valence-corrected chi connectivity index (χ2v) is 10.0. The van der Waals surface area contributed by atoms with Crippen molar-refractivity contribution < 1.29 is 22.6 Å². The van der Waals surface area contributed by atoms with E-state index in [1.165, 1.54) is 22.8 Å². The highest BCUT2D eigenvalue weighted by Crippen LogP contribution is 2.36. The van der Waals surface area contributed by atoms with Gasteiger partial charge in [-0.2, -0.15) is 19.7 Å². The molecule has 0 radical (unpaired) electrons. The summed E-state index contributed by atoms with van der Waals surface area (Å²) >= 11 is 0. The molecule has 2 aliphatic carbocycles. The average molecular weight is 444 g/mol. The van der Waals surface area contributed by atoms with Crippen LogP contribution in [0.2, 0.25) is 0 Å². The molecule has 11 heteroatoms. The average Bonchev–Trinajstić information content (AvgIpc) is 3.32. The van der Waals surface area contributed by atoms with E-state index in [-0.39, 0.29) is 11.4 Å². The van der Waals surface area contributed by atoms with Crippen molar-refractivity contribution in [2.45, 2.75) is 38.8 Å². The summed E-state index contributed by atoms with van der Waals surface area (Å²) < 4.78 is 31.3. The van der Waals surface area contributed by atoms with Gasteiger partial charge in [0.2, 0.25) is 10.0 Å². The Labute approximate surface area is 180 Å². The maximum Gasteiger partial charge on any atom is 0.502 e. The number of nitrogens with zero attached hydrogens (tertiary/aromatic N) is 5. The Hall–Kier alpha value is -3.10. The maximum absolute atomic E-state index is 13.0. The number of nitrogens with one attached hydrogen (secondary N) is 1. The first-order valence-electron chi connectivity index (χ1n) is 9.85. The predicted molar refractivity (Wildman–Crippen MR) is 110 cm³/mol. The summed E-state index contributed by atoms with van der Waals surface area (Å²) in [5.41, 5.74) is 1.43. The highest BCUT2D eigenvalue weighted by Gasteiger charge is 2.49. The molecule has 1 unspecified atom stereocenters. The summed E-state index contributed by atoms with van der Waals surface area (Å²) in [7, 11) is -2.07. The van der Waals surface area contributed by atoms with Gasteiger partial charge in [0, 0.05) is 12.6 Å². The number of allylic oxidation sites excluding steroid dienone is 2. The fourth-order valence-corrected chi connectivity index (χ4v) is 5.28. The van der Waals surface area contributed by atoms with Crippen molar-refractivity contribution in [1.82, 2.24) is 19.4 Å². The number of aryl methyl sites for hydroxylation is 2. The number of sulfonamides is 1. The fraction of sp³-hybridized carbons (Fsp3) is 0.450. The van der Waals surface area contributed by atoms with Crippen LogP contribution >= 0.6 is 0 Å². The number of carbonyl (C=O) groups is 2. The minimum atomic E-state index is -3.82. The molecule has 0 spiro atoms. The quantitative estimate of drug-likeness (QED) is 0.509. The minimum Gasteiger partial charge on any atom is -0.268 e. The largest absolute Gasteiger partial charge is 0.502 e. The van der Waals surface area contributed by atoms with E-state index in [9.17, 15) is 18.0 Å². The van der Waals surface area contributed by atoms with E-state index >= 15 is 0 Å². The summed E-state index contributed by atoms with van der Waals surface area (Å²) in [4.78, 5) is 26.8. The van der Waals surface area contributed by atoms with Crippen molar-refractivity contribution >= 4 is 27.7 Å². The second-order valence-electron chi connectivity index (χ2n) is 8.32. The van der Waals surface area contributed by atoms with E-state index in [4.69, 9.17) is 5.26 Å². The summed E-state index contributed by atoms with van der Waals surface area (Å²) in [6, 6.07) is 3.04. The topological polar surface area (TPSA) is 128 Å². The van der Waals surface area contributed by atoms with Crippen molar-refractivity contribution in [1.29, 1.82) is 5.26 Å². The third-order valence-electron chi connectivity index (χ3n) is 5.71. The van der Waals surface area contributed by atoms with Crippen LogP contribution in [-0.2, 0) is 28.4 Å². The molecule has 1 aromatic rings. The van der Waals surface area contributed by atoms with Gasteiger partial charge in [-0.25, -0.2) is 17.9 Å². The molecule has 4 rings (SSSR count). The van der Waals surface area contributed by atoms with Crippen LogP contribution in [0.3, 0.4) is 0 Å². The molecule has 0 aromatic carbocycles. The van der Waals surface area contributed by atoms with Crippen molar-refractivity contribution in [3.05, 3.63) is 40.6 Å². The Kier molecular flexibility index (Phi) is 4.94. The number of imide groups is 1. The zero-order valence-corrected chi connectivity index (χ0v) is 18.3. The normalized spacial score (nSPS) is 22.3. The van der Waals surface area contributed by atoms with Gasteiger partial charge >= 0.3 is 11.9 Å². The smallest absolute Gasteiger partial charge is 0.268 e. The number of hydrogen-bond acceptors (Lipinski definition) is 6. The van der Waals surface area contributed by atoms with Crippen molar-refractivity contribution in [2.24, 2.45) is 13.0 Å². The first-order valence-corrected chi connectivity index (χ1v) is 11.3. The molecule has 162 valence electrons. The van der Waals surface area contributed by atoms with E-state index in [0.717, 1.165) is 29.1 Å². The van der Waals surface area contributed by atoms with Gasteiger partial charge in [-0.3, -0.25) is 4.68 Å². The van der Waals surface area contributed by atoms with E-state index < -0.39 is 40.0 Å². The molecule has 1 aromatic heterocycles. The van der Waals surface area contributed by atoms with E-state index in [1.807, 2.05) is 26.0 Å². The number of urea groups is 1. The highest BCUT2D eigenvalue weighted by atomic mass is 32.2. The zero-order valence-electron chi connectivity index (χ0n) is 17.5. The van der Waals surface area contributed by atoms with Gasteiger partial charge < -0.3 is 0 Å². The van der Waals surface area contributed by atoms with Gasteiger partial charge in [-0.05, 0) is 51.0 Å². The fourth-order valence-electron chi connectivity index (χ4n) is 3.75. The van der Waals surface area contributed by atoms with Crippen LogP contribution in [0.5, 0.6) is 0 Å². The lowest BCUT2D eigenvalue weighted by molar-refractivity contribution is -0.457. The van der Waals surface area contributed by atoms with Crippen LogP contribution < -0.4 is 4.72 Å². The molecule has 10 nitrogen and oxygen atoms in total. The predicted octanol–water partition coefficient (Wildman–Crippen LogP) is 0.710. The number of carbonyl (C=O) groups excluding carboxylic acids is 2. The molecule has 0 saturated heterocycles. The molecule has 1 saturated carbocycles. The molecule has 3 amide bonds. The first kappa shape index (κ1) is 21.1. The lowest BCUT2D eigenvalue weighted by Gasteiger charge is -2.27. The molecule has 0 bridgehead atoms. The van der Waals surface area contributed by atoms with E-state index in [0.29, 0.717) is 5.71 Å². The molecule has 1 aliphatic heterocycles. The van der Waals surface area contributed by atoms with Gasteiger partial charge in [0.15, 0.2) is 6.54 Å². The first-order chi connectivity index (χ1) is 14.5. The van der Waals surface area contributed by atoms with Gasteiger partial charge in [0.05, 0.1) is 16.3 Å². The van der Waals surface area contributed by atoms with Crippen molar-refractivity contribution in [3.63, 3.8) is 0 Å². The lowest BCUT2D eigenvalue weighted by atomic mass is 9.94. The number of amides is 3. The standard InChI is InChI=1S/C20H23N6O4S/c1-13-10-14(24(3)22-13)12-26-17-5-4-15(31(29,30)23-20(2)6-7-20)11-16(17)18(27)25(9-8-21)19(26)28/h4-5,10-11,16,23H,6-7,9,12H2,1-3H3/q+1. The number of hydrogen-bond donors (Lipinski definition) is 1. The summed E-state index contributed by atoms with van der Waals surface area (Å²) in [6.45, 7) is 3.37. The van der Waals surface area contributed by atoms with Crippen LogP contribution in [-0.4, -0.2) is 57.4 Å². The van der Waals surface area contributed by atoms with Gasteiger partial charge in [0.25, 0.3) is 0 Å². The van der Waals surface area contributed by atoms with Gasteiger partial charge in [-0.15, -0.1) is 4.90 Å². The third-order valence-corrected chi connectivity index (χ3v) is 7.37. The van der Waals surface area contributed by atoms with Crippen LogP contribution in [0, 0.1) is 24.2 Å². The SMILES string of the molecule is Cc1cc(C[N+]2=C3C=CC(S(=O)(=O)NC4(C)CC4)=CC3C(=O)N(CC#N)C2=O)n(C)n1. The molecule has 3 aliphatic rings. The van der Waals surface area contributed by atoms with E-state index in [1.54, 1.807) is 11.7 Å². The van der Waals surface area contributed by atoms with Crippen LogP contribution in [0.15, 0.2) is 29.2 Å². The molecule has 2 heterocycles. The number of nitriles is 1. The Morgan fingerprint density at radius 1 is 1.35 bits per heavy atom. The van der Waals surface area contributed by atoms with Gasteiger partial charge in [0.1, 0.15) is 24.2 Å². The maximum atomic E-state index is 13.0. The highest BCUT2D eigenvalue weighted by molar-refractivity contribution is 7.93. The minimum absolute atomic E-state index is 0.0229. The van der Waals surface area contributed by atoms with Crippen LogP contribution in [0.25, 0.3) is 0 Å². The molecule has 31 heavy (non-hydrogen) atoms. The summed E-state index contributed by atoms with van der Waals surface area (Å²) in [5, 5.41) is 13.4.